The number of hydrogen-bond acceptors (Lipinski definition) is 5. The Balaban J connectivity index is 1.43. The van der Waals surface area contributed by atoms with Crippen LogP contribution in [0.5, 0.6) is 5.75 Å². The fraction of sp³-hybridized carbons (Fsp3) is 0.300. The molecular formula is C20H20ClN3O2. The highest BCUT2D eigenvalue weighted by atomic mass is 35.5. The van der Waals surface area contributed by atoms with E-state index in [4.69, 9.17) is 20.9 Å². The normalized spacial score (nSPS) is 14.5. The quantitative estimate of drug-likeness (QED) is 0.636. The third kappa shape index (κ3) is 3.99. The first-order valence-corrected chi connectivity index (χ1v) is 9.24. The van der Waals surface area contributed by atoms with E-state index >= 15 is 0 Å². The molecule has 0 aliphatic heterocycles. The van der Waals surface area contributed by atoms with Gasteiger partial charge in [-0.3, -0.25) is 0 Å². The van der Waals surface area contributed by atoms with Crippen LogP contribution in [0.3, 0.4) is 0 Å². The fourth-order valence-electron chi connectivity index (χ4n) is 3.14. The minimum absolute atomic E-state index is 0.316. The summed E-state index contributed by atoms with van der Waals surface area (Å²) in [7, 11) is 0. The molecule has 134 valence electrons. The fourth-order valence-corrected chi connectivity index (χ4v) is 3.33. The van der Waals surface area contributed by atoms with Crippen LogP contribution in [0.25, 0.3) is 11.4 Å². The maximum atomic E-state index is 6.14. The number of rotatable bonds is 6. The van der Waals surface area contributed by atoms with Gasteiger partial charge in [0, 0.05) is 10.6 Å². The summed E-state index contributed by atoms with van der Waals surface area (Å²) in [5.74, 6) is 1.91. The molecule has 1 aliphatic rings. The van der Waals surface area contributed by atoms with Crippen molar-refractivity contribution in [2.75, 3.05) is 5.32 Å². The van der Waals surface area contributed by atoms with E-state index in [0.717, 1.165) is 29.8 Å². The first kappa shape index (κ1) is 16.9. The maximum absolute atomic E-state index is 6.14. The number of aromatic nitrogens is 2. The van der Waals surface area contributed by atoms with Gasteiger partial charge in [-0.15, -0.1) is 0 Å². The van der Waals surface area contributed by atoms with Crippen molar-refractivity contribution in [2.24, 2.45) is 0 Å². The van der Waals surface area contributed by atoms with Crippen LogP contribution in [0.2, 0.25) is 5.02 Å². The lowest BCUT2D eigenvalue weighted by molar-refractivity contribution is 0.211. The number of anilines is 1. The van der Waals surface area contributed by atoms with Gasteiger partial charge in [0.05, 0.1) is 18.3 Å². The molecule has 0 unspecified atom stereocenters. The van der Waals surface area contributed by atoms with Crippen molar-refractivity contribution in [3.63, 3.8) is 0 Å². The average molecular weight is 370 g/mol. The van der Waals surface area contributed by atoms with Gasteiger partial charge in [0.2, 0.25) is 11.7 Å². The summed E-state index contributed by atoms with van der Waals surface area (Å²) in [6, 6.07) is 15.4. The number of halogens is 1. The maximum Gasteiger partial charge on any atom is 0.246 e. The zero-order chi connectivity index (χ0) is 17.8. The molecule has 26 heavy (non-hydrogen) atoms. The topological polar surface area (TPSA) is 60.2 Å². The predicted octanol–water partition coefficient (Wildman–Crippen LogP) is 5.32. The second-order valence-electron chi connectivity index (χ2n) is 6.40. The van der Waals surface area contributed by atoms with E-state index in [0.29, 0.717) is 29.4 Å². The SMILES string of the molecule is Clc1cccc(-c2noc(CNc3ccccc3OC3CCCC3)n2)c1. The summed E-state index contributed by atoms with van der Waals surface area (Å²) < 4.78 is 11.5. The van der Waals surface area contributed by atoms with Crippen LogP contribution < -0.4 is 10.1 Å². The third-order valence-corrected chi connectivity index (χ3v) is 4.70. The lowest BCUT2D eigenvalue weighted by Crippen LogP contribution is -2.12. The molecule has 4 rings (SSSR count). The van der Waals surface area contributed by atoms with Gasteiger partial charge < -0.3 is 14.6 Å². The smallest absolute Gasteiger partial charge is 0.246 e. The Morgan fingerprint density at radius 2 is 1.96 bits per heavy atom. The van der Waals surface area contributed by atoms with Crippen molar-refractivity contribution in [3.05, 3.63) is 59.4 Å². The number of nitrogens with zero attached hydrogens (tertiary/aromatic N) is 2. The first-order valence-electron chi connectivity index (χ1n) is 8.86. The molecule has 0 saturated heterocycles. The monoisotopic (exact) mass is 369 g/mol. The molecule has 6 heteroatoms. The van der Waals surface area contributed by atoms with E-state index in [2.05, 4.69) is 15.5 Å². The van der Waals surface area contributed by atoms with E-state index in [9.17, 15) is 0 Å². The van der Waals surface area contributed by atoms with E-state index in [-0.39, 0.29) is 0 Å². The molecule has 2 aromatic carbocycles. The zero-order valence-corrected chi connectivity index (χ0v) is 15.1. The molecule has 1 N–H and O–H groups in total. The largest absolute Gasteiger partial charge is 0.488 e. The standard InChI is InChI=1S/C20H20ClN3O2/c21-15-7-5-6-14(12-15)20-23-19(26-24-20)13-22-17-10-3-4-11-18(17)25-16-8-1-2-9-16/h3-7,10-12,16,22H,1-2,8-9,13H2. The van der Waals surface area contributed by atoms with Gasteiger partial charge in [-0.05, 0) is 49.9 Å². The molecule has 1 aliphatic carbocycles. The Hall–Kier alpha value is -2.53. The Labute approximate surface area is 157 Å². The molecule has 0 radical (unpaired) electrons. The lowest BCUT2D eigenvalue weighted by Gasteiger charge is -2.16. The van der Waals surface area contributed by atoms with Crippen molar-refractivity contribution >= 4 is 17.3 Å². The molecule has 3 aromatic rings. The molecule has 1 fully saturated rings. The first-order chi connectivity index (χ1) is 12.8. The summed E-state index contributed by atoms with van der Waals surface area (Å²) in [4.78, 5) is 4.43. The van der Waals surface area contributed by atoms with E-state index in [1.807, 2.05) is 48.5 Å². The summed E-state index contributed by atoms with van der Waals surface area (Å²) in [6.45, 7) is 0.429. The van der Waals surface area contributed by atoms with Crippen LogP contribution in [-0.4, -0.2) is 16.2 Å². The highest BCUT2D eigenvalue weighted by Crippen LogP contribution is 2.30. The minimum atomic E-state index is 0.316. The van der Waals surface area contributed by atoms with Crippen LogP contribution in [0.4, 0.5) is 5.69 Å². The van der Waals surface area contributed by atoms with E-state index < -0.39 is 0 Å². The Kier molecular flexibility index (Phi) is 5.07. The number of nitrogens with one attached hydrogen (secondary N) is 1. The molecule has 0 spiro atoms. The van der Waals surface area contributed by atoms with Gasteiger partial charge in [-0.25, -0.2) is 0 Å². The second kappa shape index (κ2) is 7.79. The minimum Gasteiger partial charge on any atom is -0.488 e. The van der Waals surface area contributed by atoms with Gasteiger partial charge in [0.1, 0.15) is 5.75 Å². The van der Waals surface area contributed by atoms with Crippen LogP contribution in [0, 0.1) is 0 Å². The second-order valence-corrected chi connectivity index (χ2v) is 6.83. The molecule has 0 amide bonds. The molecule has 1 saturated carbocycles. The number of para-hydroxylation sites is 2. The van der Waals surface area contributed by atoms with Gasteiger partial charge in [0.15, 0.2) is 0 Å². The molecular weight excluding hydrogens is 350 g/mol. The average Bonchev–Trinajstić information content (AvgIpc) is 3.33. The number of benzene rings is 2. The van der Waals surface area contributed by atoms with Crippen molar-refractivity contribution in [3.8, 4) is 17.1 Å². The summed E-state index contributed by atoms with van der Waals surface area (Å²) >= 11 is 6.02. The van der Waals surface area contributed by atoms with Crippen molar-refractivity contribution < 1.29 is 9.26 Å². The van der Waals surface area contributed by atoms with Gasteiger partial charge >= 0.3 is 0 Å². The highest BCUT2D eigenvalue weighted by Gasteiger charge is 2.18. The van der Waals surface area contributed by atoms with Gasteiger partial charge in [0.25, 0.3) is 0 Å². The van der Waals surface area contributed by atoms with Crippen LogP contribution >= 0.6 is 11.6 Å². The lowest BCUT2D eigenvalue weighted by atomic mass is 10.2. The van der Waals surface area contributed by atoms with Gasteiger partial charge in [-0.2, -0.15) is 4.98 Å². The van der Waals surface area contributed by atoms with Crippen LogP contribution in [0.1, 0.15) is 31.6 Å². The number of ether oxygens (including phenoxy) is 1. The molecule has 1 aromatic heterocycles. The van der Waals surface area contributed by atoms with Crippen LogP contribution in [-0.2, 0) is 6.54 Å². The van der Waals surface area contributed by atoms with Crippen molar-refractivity contribution in [1.82, 2.24) is 10.1 Å². The van der Waals surface area contributed by atoms with E-state index in [1.54, 1.807) is 0 Å². The summed E-state index contributed by atoms with van der Waals surface area (Å²) in [5.41, 5.74) is 1.76. The Morgan fingerprint density at radius 1 is 1.12 bits per heavy atom. The Morgan fingerprint density at radius 3 is 2.81 bits per heavy atom. The molecule has 0 atom stereocenters. The highest BCUT2D eigenvalue weighted by molar-refractivity contribution is 6.30. The zero-order valence-electron chi connectivity index (χ0n) is 14.3. The van der Waals surface area contributed by atoms with Gasteiger partial charge in [-0.1, -0.05) is 41.0 Å². The summed E-state index contributed by atoms with van der Waals surface area (Å²) in [6.07, 6.45) is 5.06. The predicted molar refractivity (Wildman–Crippen MR) is 101 cm³/mol. The van der Waals surface area contributed by atoms with Crippen LogP contribution in [0.15, 0.2) is 53.1 Å². The summed E-state index contributed by atoms with van der Waals surface area (Å²) in [5, 5.41) is 8.01. The van der Waals surface area contributed by atoms with E-state index in [1.165, 1.54) is 12.8 Å². The molecule has 5 nitrogen and oxygen atoms in total. The third-order valence-electron chi connectivity index (χ3n) is 4.46. The number of hydrogen-bond donors (Lipinski definition) is 1. The molecule has 1 heterocycles. The van der Waals surface area contributed by atoms with Crippen molar-refractivity contribution in [1.29, 1.82) is 0 Å². The molecule has 0 bridgehead atoms. The van der Waals surface area contributed by atoms with Crippen molar-refractivity contribution in [2.45, 2.75) is 38.3 Å². The Bertz CT molecular complexity index is 875.